The van der Waals surface area contributed by atoms with Crippen molar-refractivity contribution in [1.82, 2.24) is 9.97 Å². The molecule has 0 saturated carbocycles. The average molecular weight is 280 g/mol. The highest BCUT2D eigenvalue weighted by Gasteiger charge is 2.08. The van der Waals surface area contributed by atoms with Gasteiger partial charge < -0.3 is 15.4 Å². The number of nitrogens with one attached hydrogen (secondary N) is 2. The summed E-state index contributed by atoms with van der Waals surface area (Å²) < 4.78 is 5.05. The Morgan fingerprint density at radius 1 is 1.26 bits per heavy atom. The van der Waals surface area contributed by atoms with Crippen LogP contribution in [0.4, 0.5) is 11.8 Å². The zero-order valence-electron chi connectivity index (χ0n) is 11.4. The number of aromatic nitrogens is 2. The molecule has 0 aliphatic carbocycles. The number of nitrogens with zero attached hydrogens (tertiary/aromatic N) is 2. The Bertz CT molecular complexity index is 514. The molecule has 0 aliphatic heterocycles. The summed E-state index contributed by atoms with van der Waals surface area (Å²) in [5.41, 5.74) is 0. The summed E-state index contributed by atoms with van der Waals surface area (Å²) in [7, 11) is 1.72. The molecule has 2 N–H and O–H groups in total. The van der Waals surface area contributed by atoms with Crippen molar-refractivity contribution in [2.24, 2.45) is 0 Å². The molecule has 2 rings (SSSR count). The fourth-order valence-electron chi connectivity index (χ4n) is 1.73. The van der Waals surface area contributed by atoms with E-state index in [0.717, 1.165) is 48.6 Å². The third kappa shape index (κ3) is 3.78. The molecular weight excluding hydrogens is 260 g/mol. The van der Waals surface area contributed by atoms with Crippen molar-refractivity contribution < 1.29 is 4.74 Å². The van der Waals surface area contributed by atoms with E-state index in [2.05, 4.69) is 33.6 Å². The van der Waals surface area contributed by atoms with Gasteiger partial charge in [0, 0.05) is 26.8 Å². The number of hydrogen-bond acceptors (Lipinski definition) is 6. The van der Waals surface area contributed by atoms with Gasteiger partial charge in [-0.05, 0) is 24.3 Å². The first-order valence-electron chi connectivity index (χ1n) is 6.57. The summed E-state index contributed by atoms with van der Waals surface area (Å²) in [6, 6.07) is 2.06. The van der Waals surface area contributed by atoms with Gasteiger partial charge in [0.25, 0.3) is 0 Å². The highest BCUT2D eigenvalue weighted by Crippen LogP contribution is 2.26. The number of fused-ring (bicyclic) bond motifs is 1. The normalized spacial score (nSPS) is 10.8. The van der Waals surface area contributed by atoms with Crippen LogP contribution in [-0.2, 0) is 4.74 Å². The maximum Gasteiger partial charge on any atom is 0.226 e. The van der Waals surface area contributed by atoms with Gasteiger partial charge in [-0.15, -0.1) is 11.3 Å². The molecule has 104 valence electrons. The van der Waals surface area contributed by atoms with Crippen LogP contribution >= 0.6 is 11.3 Å². The number of ether oxygens (including phenoxy) is 1. The molecule has 0 spiro atoms. The maximum absolute atomic E-state index is 5.05. The smallest absolute Gasteiger partial charge is 0.226 e. The van der Waals surface area contributed by atoms with Crippen LogP contribution in [0.3, 0.4) is 0 Å². The first-order chi connectivity index (χ1) is 9.35. The molecule has 2 aromatic heterocycles. The Morgan fingerprint density at radius 3 is 2.95 bits per heavy atom. The second kappa shape index (κ2) is 7.25. The Kier molecular flexibility index (Phi) is 5.35. The van der Waals surface area contributed by atoms with Crippen LogP contribution in [0, 0.1) is 0 Å². The minimum atomic E-state index is 0.700. The van der Waals surface area contributed by atoms with Crippen LogP contribution in [0.5, 0.6) is 0 Å². The van der Waals surface area contributed by atoms with Crippen LogP contribution in [0.2, 0.25) is 0 Å². The van der Waals surface area contributed by atoms with Crippen LogP contribution < -0.4 is 10.6 Å². The lowest BCUT2D eigenvalue weighted by molar-refractivity contribution is 0.198. The molecule has 5 nitrogen and oxygen atoms in total. The van der Waals surface area contributed by atoms with Crippen molar-refractivity contribution in [3.8, 4) is 0 Å². The fourth-order valence-corrected chi connectivity index (χ4v) is 2.49. The standard InChI is InChI=1S/C13H20N4OS/c1-3-6-15-13-16-11(14-7-4-8-18-2)10-5-9-19-12(10)17-13/h5,9H,3-4,6-8H2,1-2H3,(H2,14,15,16,17). The third-order valence-electron chi connectivity index (χ3n) is 2.68. The number of methoxy groups -OCH3 is 1. The Morgan fingerprint density at radius 2 is 2.16 bits per heavy atom. The van der Waals surface area contributed by atoms with Gasteiger partial charge in [-0.25, -0.2) is 4.98 Å². The monoisotopic (exact) mass is 280 g/mol. The highest BCUT2D eigenvalue weighted by atomic mass is 32.1. The summed E-state index contributed by atoms with van der Waals surface area (Å²) in [5.74, 6) is 1.60. The molecule has 0 aromatic carbocycles. The van der Waals surface area contributed by atoms with E-state index in [1.807, 2.05) is 5.38 Å². The maximum atomic E-state index is 5.05. The quantitative estimate of drug-likeness (QED) is 0.728. The molecule has 0 fully saturated rings. The Labute approximate surface area is 117 Å². The molecule has 0 radical (unpaired) electrons. The number of rotatable bonds is 8. The zero-order chi connectivity index (χ0) is 13.5. The number of anilines is 2. The summed E-state index contributed by atoms with van der Waals surface area (Å²) in [5, 5.41) is 9.73. The lowest BCUT2D eigenvalue weighted by Gasteiger charge is -2.09. The minimum Gasteiger partial charge on any atom is -0.385 e. The van der Waals surface area contributed by atoms with Gasteiger partial charge in [-0.1, -0.05) is 6.92 Å². The molecule has 2 heterocycles. The molecule has 0 unspecified atom stereocenters. The first-order valence-corrected chi connectivity index (χ1v) is 7.45. The molecule has 0 atom stereocenters. The Balaban J connectivity index is 2.12. The second-order valence-electron chi connectivity index (χ2n) is 4.24. The topological polar surface area (TPSA) is 59.1 Å². The van der Waals surface area contributed by atoms with Crippen molar-refractivity contribution in [2.75, 3.05) is 37.4 Å². The molecular formula is C13H20N4OS. The van der Waals surface area contributed by atoms with E-state index in [9.17, 15) is 0 Å². The van der Waals surface area contributed by atoms with E-state index in [0.29, 0.717) is 5.95 Å². The average Bonchev–Trinajstić information content (AvgIpc) is 2.89. The molecule has 0 amide bonds. The van der Waals surface area contributed by atoms with E-state index < -0.39 is 0 Å². The molecule has 19 heavy (non-hydrogen) atoms. The van der Waals surface area contributed by atoms with Gasteiger partial charge in [0.05, 0.1) is 5.39 Å². The van der Waals surface area contributed by atoms with Crippen molar-refractivity contribution in [3.05, 3.63) is 11.4 Å². The lowest BCUT2D eigenvalue weighted by atomic mass is 10.3. The molecule has 2 aromatic rings. The molecule has 6 heteroatoms. The van der Waals surface area contributed by atoms with Gasteiger partial charge in [0.2, 0.25) is 5.95 Å². The van der Waals surface area contributed by atoms with Crippen LogP contribution in [0.25, 0.3) is 10.2 Å². The summed E-state index contributed by atoms with van der Waals surface area (Å²) in [6.45, 7) is 4.62. The summed E-state index contributed by atoms with van der Waals surface area (Å²) >= 11 is 1.64. The van der Waals surface area contributed by atoms with Crippen LogP contribution in [0.1, 0.15) is 19.8 Å². The minimum absolute atomic E-state index is 0.700. The highest BCUT2D eigenvalue weighted by molar-refractivity contribution is 7.16. The van der Waals surface area contributed by atoms with Crippen LogP contribution in [0.15, 0.2) is 11.4 Å². The predicted molar refractivity (Wildman–Crippen MR) is 81.2 cm³/mol. The van der Waals surface area contributed by atoms with Gasteiger partial charge in [-0.2, -0.15) is 4.98 Å². The molecule has 0 aliphatic rings. The van der Waals surface area contributed by atoms with Crippen molar-refractivity contribution in [3.63, 3.8) is 0 Å². The summed E-state index contributed by atoms with van der Waals surface area (Å²) in [6.07, 6.45) is 2.02. The lowest BCUT2D eigenvalue weighted by Crippen LogP contribution is -2.09. The fraction of sp³-hybridized carbons (Fsp3) is 0.538. The van der Waals surface area contributed by atoms with Gasteiger partial charge in [0.15, 0.2) is 0 Å². The predicted octanol–water partition coefficient (Wildman–Crippen LogP) is 2.96. The molecule has 0 saturated heterocycles. The van der Waals surface area contributed by atoms with E-state index in [1.54, 1.807) is 18.4 Å². The van der Waals surface area contributed by atoms with Crippen LogP contribution in [-0.4, -0.2) is 36.8 Å². The van der Waals surface area contributed by atoms with E-state index in [-0.39, 0.29) is 0 Å². The van der Waals surface area contributed by atoms with Gasteiger partial charge in [-0.3, -0.25) is 0 Å². The summed E-state index contributed by atoms with van der Waals surface area (Å²) in [4.78, 5) is 10.1. The van der Waals surface area contributed by atoms with E-state index >= 15 is 0 Å². The Hall–Kier alpha value is -1.40. The van der Waals surface area contributed by atoms with E-state index in [4.69, 9.17) is 4.74 Å². The number of hydrogen-bond donors (Lipinski definition) is 2. The van der Waals surface area contributed by atoms with Crippen molar-refractivity contribution >= 4 is 33.3 Å². The van der Waals surface area contributed by atoms with E-state index in [1.165, 1.54) is 0 Å². The van der Waals surface area contributed by atoms with Crippen molar-refractivity contribution in [1.29, 1.82) is 0 Å². The SMILES string of the molecule is CCCNc1nc(NCCCOC)c2ccsc2n1. The largest absolute Gasteiger partial charge is 0.385 e. The van der Waals surface area contributed by atoms with Gasteiger partial charge in [0.1, 0.15) is 10.6 Å². The third-order valence-corrected chi connectivity index (χ3v) is 3.48. The van der Waals surface area contributed by atoms with Crippen molar-refractivity contribution in [2.45, 2.75) is 19.8 Å². The molecule has 0 bridgehead atoms. The van der Waals surface area contributed by atoms with Gasteiger partial charge >= 0.3 is 0 Å². The second-order valence-corrected chi connectivity index (χ2v) is 5.13. The number of thiophene rings is 1. The zero-order valence-corrected chi connectivity index (χ0v) is 12.2. The first kappa shape index (κ1) is 14.0.